The van der Waals surface area contributed by atoms with Crippen molar-refractivity contribution in [1.82, 2.24) is 7.94 Å². The van der Waals surface area contributed by atoms with Crippen molar-refractivity contribution < 1.29 is 26.3 Å². The van der Waals surface area contributed by atoms with Crippen LogP contribution in [0.2, 0.25) is 0 Å². The average Bonchev–Trinajstić information content (AvgIpc) is 3.12. The molecule has 0 N–H and O–H groups in total. The van der Waals surface area contributed by atoms with Crippen molar-refractivity contribution in [2.45, 2.75) is 9.79 Å². The van der Waals surface area contributed by atoms with E-state index in [4.69, 9.17) is 9.47 Å². The number of benzene rings is 3. The number of fused-ring (bicyclic) bond motifs is 1. The zero-order valence-corrected chi connectivity index (χ0v) is 18.6. The molecule has 1 aromatic heterocycles. The first-order valence-corrected chi connectivity index (χ1v) is 12.1. The molecular weight excluding hydrogens is 456 g/mol. The van der Waals surface area contributed by atoms with Gasteiger partial charge in [0.05, 0.1) is 35.0 Å². The van der Waals surface area contributed by atoms with Gasteiger partial charge in [0, 0.05) is 0 Å². The Morgan fingerprint density at radius 2 is 0.938 bits per heavy atom. The SMILES string of the molecule is COc1ccc(S(=O)(=O)n2c(=O)n(S(=O)(=O)c3ccc(OC)cc3)c3ccccc32)cc1. The molecule has 0 aliphatic carbocycles. The van der Waals surface area contributed by atoms with Gasteiger partial charge in [-0.2, -0.15) is 7.94 Å². The zero-order valence-electron chi connectivity index (χ0n) is 17.0. The summed E-state index contributed by atoms with van der Waals surface area (Å²) < 4.78 is 64.4. The number of methoxy groups -OCH3 is 2. The van der Waals surface area contributed by atoms with Gasteiger partial charge in [-0.3, -0.25) is 0 Å². The van der Waals surface area contributed by atoms with Crippen molar-refractivity contribution in [2.75, 3.05) is 14.2 Å². The fourth-order valence-electron chi connectivity index (χ4n) is 3.27. The Morgan fingerprint density at radius 3 is 1.25 bits per heavy atom. The smallest absolute Gasteiger partial charge is 0.357 e. The first-order chi connectivity index (χ1) is 15.2. The number of rotatable bonds is 6. The molecule has 4 aromatic rings. The Morgan fingerprint density at radius 1 is 0.594 bits per heavy atom. The van der Waals surface area contributed by atoms with Gasteiger partial charge in [0.1, 0.15) is 11.5 Å². The standard InChI is InChI=1S/C21H18N2O7S2/c1-29-15-7-11-17(12-8-15)31(25,26)22-19-5-3-4-6-20(19)23(21(22)24)32(27,28)18-13-9-16(30-2)10-14-18/h3-14H,1-2H3. The van der Waals surface area contributed by atoms with Crippen LogP contribution in [0.1, 0.15) is 0 Å². The highest BCUT2D eigenvalue weighted by atomic mass is 32.2. The minimum atomic E-state index is -4.41. The Kier molecular flexibility index (Phi) is 5.31. The Bertz CT molecular complexity index is 1450. The summed E-state index contributed by atoms with van der Waals surface area (Å²) in [7, 11) is -5.95. The topological polar surface area (TPSA) is 114 Å². The summed E-state index contributed by atoms with van der Waals surface area (Å²) in [5, 5.41) is 0. The number of imidazole rings is 1. The third kappa shape index (κ3) is 3.35. The van der Waals surface area contributed by atoms with E-state index in [-0.39, 0.29) is 20.8 Å². The largest absolute Gasteiger partial charge is 0.497 e. The number of aromatic nitrogens is 2. The molecule has 166 valence electrons. The van der Waals surface area contributed by atoms with Gasteiger partial charge < -0.3 is 9.47 Å². The predicted molar refractivity (Wildman–Crippen MR) is 117 cm³/mol. The molecule has 0 saturated carbocycles. The summed E-state index contributed by atoms with van der Waals surface area (Å²) >= 11 is 0. The van der Waals surface area contributed by atoms with E-state index in [2.05, 4.69) is 0 Å². The summed E-state index contributed by atoms with van der Waals surface area (Å²) in [5.74, 6) is 0.863. The average molecular weight is 475 g/mol. The van der Waals surface area contributed by atoms with Crippen molar-refractivity contribution in [2.24, 2.45) is 0 Å². The molecule has 0 atom stereocenters. The first-order valence-electron chi connectivity index (χ1n) is 9.23. The molecule has 11 heteroatoms. The quantitative estimate of drug-likeness (QED) is 0.421. The van der Waals surface area contributed by atoms with Gasteiger partial charge in [0.2, 0.25) is 0 Å². The number of hydrogen-bond acceptors (Lipinski definition) is 7. The molecule has 0 bridgehead atoms. The summed E-state index contributed by atoms with van der Waals surface area (Å²) in [6, 6.07) is 16.7. The summed E-state index contributed by atoms with van der Waals surface area (Å²) in [5.41, 5.74) is -1.35. The highest BCUT2D eigenvalue weighted by Crippen LogP contribution is 2.25. The first kappa shape index (κ1) is 21.7. The summed E-state index contributed by atoms with van der Waals surface area (Å²) in [6.45, 7) is 0. The number of hydrogen-bond donors (Lipinski definition) is 0. The number of para-hydroxylation sites is 2. The van der Waals surface area contributed by atoms with E-state index < -0.39 is 25.7 Å². The van der Waals surface area contributed by atoms with Crippen LogP contribution < -0.4 is 15.2 Å². The molecule has 32 heavy (non-hydrogen) atoms. The lowest BCUT2D eigenvalue weighted by molar-refractivity contribution is 0.414. The lowest BCUT2D eigenvalue weighted by Gasteiger charge is -2.07. The molecule has 0 radical (unpaired) electrons. The van der Waals surface area contributed by atoms with E-state index in [9.17, 15) is 21.6 Å². The predicted octanol–water partition coefficient (Wildman–Crippen LogP) is 2.29. The van der Waals surface area contributed by atoms with E-state index in [1.54, 1.807) is 0 Å². The van der Waals surface area contributed by atoms with Gasteiger partial charge in [-0.15, -0.1) is 0 Å². The fraction of sp³-hybridized carbons (Fsp3) is 0.0952. The van der Waals surface area contributed by atoms with Crippen molar-refractivity contribution in [3.05, 3.63) is 83.3 Å². The van der Waals surface area contributed by atoms with Crippen molar-refractivity contribution in [3.63, 3.8) is 0 Å². The second-order valence-corrected chi connectivity index (χ2v) is 10.2. The Balaban J connectivity index is 1.99. The maximum atomic E-state index is 13.3. The van der Waals surface area contributed by atoms with Gasteiger partial charge in [0.15, 0.2) is 0 Å². The van der Waals surface area contributed by atoms with Crippen LogP contribution in [-0.2, 0) is 20.0 Å². The maximum Gasteiger partial charge on any atom is 0.357 e. The van der Waals surface area contributed by atoms with Gasteiger partial charge >= 0.3 is 5.69 Å². The molecular formula is C21H18N2O7S2. The monoisotopic (exact) mass is 474 g/mol. The van der Waals surface area contributed by atoms with Crippen LogP contribution in [0.3, 0.4) is 0 Å². The van der Waals surface area contributed by atoms with Gasteiger partial charge in [0.25, 0.3) is 20.0 Å². The maximum absolute atomic E-state index is 13.3. The fourth-order valence-corrected chi connectivity index (χ4v) is 6.10. The van der Waals surface area contributed by atoms with E-state index in [1.807, 2.05) is 0 Å². The molecule has 0 aliphatic heterocycles. The Hall–Kier alpha value is -3.57. The van der Waals surface area contributed by atoms with Crippen LogP contribution in [0.4, 0.5) is 0 Å². The van der Waals surface area contributed by atoms with Crippen LogP contribution in [-0.4, -0.2) is 39.0 Å². The highest BCUT2D eigenvalue weighted by Gasteiger charge is 2.31. The lowest BCUT2D eigenvalue weighted by atomic mass is 10.3. The van der Waals surface area contributed by atoms with Crippen LogP contribution in [0.5, 0.6) is 11.5 Å². The molecule has 0 unspecified atom stereocenters. The molecule has 3 aromatic carbocycles. The zero-order chi connectivity index (χ0) is 23.1. The molecule has 0 amide bonds. The summed E-state index contributed by atoms with van der Waals surface area (Å²) in [6.07, 6.45) is 0. The molecule has 4 rings (SSSR count). The Labute approximate surface area is 184 Å². The lowest BCUT2D eigenvalue weighted by Crippen LogP contribution is -2.33. The van der Waals surface area contributed by atoms with Crippen molar-refractivity contribution in [1.29, 1.82) is 0 Å². The molecule has 0 fully saturated rings. The highest BCUT2D eigenvalue weighted by molar-refractivity contribution is 7.91. The second kappa shape index (κ2) is 7.84. The van der Waals surface area contributed by atoms with Crippen molar-refractivity contribution in [3.8, 4) is 11.5 Å². The van der Waals surface area contributed by atoms with E-state index >= 15 is 0 Å². The van der Waals surface area contributed by atoms with E-state index in [0.29, 0.717) is 19.4 Å². The molecule has 9 nitrogen and oxygen atoms in total. The van der Waals surface area contributed by atoms with E-state index in [1.165, 1.54) is 87.0 Å². The van der Waals surface area contributed by atoms with Crippen LogP contribution in [0.15, 0.2) is 87.4 Å². The molecule has 0 spiro atoms. The van der Waals surface area contributed by atoms with Gasteiger partial charge in [-0.25, -0.2) is 21.6 Å². The minimum Gasteiger partial charge on any atom is -0.497 e. The third-order valence-corrected chi connectivity index (χ3v) is 8.27. The van der Waals surface area contributed by atoms with Crippen molar-refractivity contribution >= 4 is 31.1 Å². The molecule has 1 heterocycles. The third-order valence-electron chi connectivity index (χ3n) is 4.86. The van der Waals surface area contributed by atoms with Crippen LogP contribution in [0.25, 0.3) is 11.0 Å². The normalized spacial score (nSPS) is 12.1. The van der Waals surface area contributed by atoms with Gasteiger partial charge in [-0.1, -0.05) is 12.1 Å². The van der Waals surface area contributed by atoms with Gasteiger partial charge in [-0.05, 0) is 60.7 Å². The summed E-state index contributed by atoms with van der Waals surface area (Å²) in [4.78, 5) is 12.9. The molecule has 0 saturated heterocycles. The number of nitrogens with zero attached hydrogens (tertiary/aromatic N) is 2. The number of ether oxygens (including phenoxy) is 2. The molecule has 0 aliphatic rings. The second-order valence-electron chi connectivity index (χ2n) is 6.66. The van der Waals surface area contributed by atoms with E-state index in [0.717, 1.165) is 0 Å². The van der Waals surface area contributed by atoms with Crippen LogP contribution >= 0.6 is 0 Å². The minimum absolute atomic E-state index is 0.0644. The van der Waals surface area contributed by atoms with Crippen LogP contribution in [0, 0.1) is 0 Å².